The van der Waals surface area contributed by atoms with Gasteiger partial charge in [0.25, 0.3) is 11.8 Å². The van der Waals surface area contributed by atoms with Crippen molar-refractivity contribution < 1.29 is 96.8 Å². The van der Waals surface area contributed by atoms with Crippen LogP contribution in [0.4, 0.5) is 27.2 Å². The van der Waals surface area contributed by atoms with Gasteiger partial charge in [-0.2, -0.15) is 0 Å². The summed E-state index contributed by atoms with van der Waals surface area (Å²) in [5.41, 5.74) is 6.41. The summed E-state index contributed by atoms with van der Waals surface area (Å²) < 4.78 is 128. The van der Waals surface area contributed by atoms with Crippen molar-refractivity contribution in [2.45, 2.75) is 191 Å². The van der Waals surface area contributed by atoms with E-state index in [0.29, 0.717) is 77.5 Å². The number of alkyl carbamates (subject to hydrolysis) is 2. The molecule has 8 N–H and O–H groups in total. The van der Waals surface area contributed by atoms with Crippen LogP contribution in [-0.2, 0) is 58.3 Å². The zero-order valence-corrected chi connectivity index (χ0v) is 64.3. The molecule has 7 amide bonds. The first-order chi connectivity index (χ1) is 52.4. The molecule has 0 spiro atoms. The fourth-order valence-corrected chi connectivity index (χ4v) is 16.3. The van der Waals surface area contributed by atoms with Gasteiger partial charge in [0.05, 0.1) is 64.8 Å². The number of aliphatic carboxylic acids is 1. The molecule has 2 saturated heterocycles. The highest BCUT2D eigenvalue weighted by atomic mass is 35.5. The third-order valence-corrected chi connectivity index (χ3v) is 23.9. The maximum absolute atomic E-state index is 14.5. The van der Waals surface area contributed by atoms with Crippen LogP contribution in [0.5, 0.6) is 11.8 Å². The number of hydrogen-bond acceptors (Lipinski definition) is 21. The van der Waals surface area contributed by atoms with E-state index in [1.165, 1.54) is 9.80 Å². The van der Waals surface area contributed by atoms with Crippen LogP contribution in [0.2, 0.25) is 0 Å². The molecule has 0 unspecified atom stereocenters. The molecule has 0 radical (unpaired) electrons. The zero-order chi connectivity index (χ0) is 79.9. The van der Waals surface area contributed by atoms with Crippen molar-refractivity contribution in [2.24, 2.45) is 28.4 Å². The predicted octanol–water partition coefficient (Wildman–Crippen LogP) is 9.51. The van der Waals surface area contributed by atoms with E-state index < -0.39 is 168 Å². The number of cyclic esters (lactones) is 2. The Hall–Kier alpha value is -10.1. The number of halogens is 5. The van der Waals surface area contributed by atoms with Gasteiger partial charge < -0.3 is 55.5 Å². The summed E-state index contributed by atoms with van der Waals surface area (Å²) in [5.74, 6) is -8.10. The van der Waals surface area contributed by atoms with Gasteiger partial charge in [-0.1, -0.05) is 141 Å². The van der Waals surface area contributed by atoms with Gasteiger partial charge in [-0.3, -0.25) is 33.4 Å². The van der Waals surface area contributed by atoms with E-state index in [2.05, 4.69) is 16.0 Å². The Morgan fingerprint density at radius 1 is 0.579 bits per heavy atom. The first-order valence-electron chi connectivity index (χ1n) is 36.3. The standard InChI is InChI=1S/C38H42F2N6O8S.C30H32N4O6.C8H12F2N2O3S.2CH4.ClH/c1-37(2,3)30-34(48)46-20-23(18-28(46)32(47)44-38(19-25(38)31(39)40)35(49)45-55(51,52)24-14-15-24)54-33-29(41-26-12-4-5-13-27(26)42-33)22-11-8-10-21(17-22)9-6-7-16-53-36(50)43-30;1-30(2,3)25-27(35)34-17-20(16-23(34)28(36)37)40-26-24(31-21-12-4-5-13-22(21)32-26)19-11-8-10-18(15-19)9-6-7-14-39-29(38)33-25;9-6(10)5-3-8(5,11)7(13)12-16(14,15)4-1-2-4;;;/h4-6,8-13,17,23-25,28,30-31H,7,14-16,18-20H2,1-3H3,(H,43,50)(H,44,47)(H,45,49);4-6,8-13,15,20,23,25H,7,14,16-17H2,1-3H3,(H,33,38)(H,36,37);4-6H,1-3,11H2,(H,12,13);2*1H4;1H/b2*9-6+;;;;/t23-,25+,28+,30-,38-;20-,23+,25-;5-,8+;;;/m110.../s1. The predicted molar refractivity (Wildman–Crippen MR) is 416 cm³/mol. The van der Waals surface area contributed by atoms with Crippen LogP contribution in [0.25, 0.3) is 56.7 Å². The number of fused-ring (bicyclic) bond motifs is 14. The third-order valence-electron chi connectivity index (χ3n) is 20.3. The second kappa shape index (κ2) is 34.9. The number of nitrogens with zero attached hydrogens (tertiary/aromatic N) is 6. The number of hydrogen-bond donors (Lipinski definition) is 7. The number of nitrogens with two attached hydrogens (primary N) is 1. The number of carbonyl (C=O) groups is 8. The molecule has 36 heteroatoms. The monoisotopic (exact) mass is 1650 g/mol. The highest BCUT2D eigenvalue weighted by molar-refractivity contribution is 7.91. The number of carboxylic acids is 1. The van der Waals surface area contributed by atoms with Crippen LogP contribution < -0.4 is 40.6 Å². The van der Waals surface area contributed by atoms with Gasteiger partial charge in [0.1, 0.15) is 58.8 Å². The Morgan fingerprint density at radius 2 is 0.982 bits per heavy atom. The smallest absolute Gasteiger partial charge is 0.407 e. The van der Waals surface area contributed by atoms with E-state index in [4.69, 9.17) is 44.6 Å². The number of para-hydroxylation sites is 4. The number of benzene rings is 4. The van der Waals surface area contributed by atoms with Gasteiger partial charge in [-0.05, 0) is 110 Å². The first kappa shape index (κ1) is 87.8. The molecular formula is C78H95ClF4N12O17S2. The van der Waals surface area contributed by atoms with Crippen molar-refractivity contribution in [2.75, 3.05) is 26.3 Å². The van der Waals surface area contributed by atoms with Crippen LogP contribution >= 0.6 is 12.4 Å². The average molecular weight is 1650 g/mol. The molecule has 4 aliphatic heterocycles. The zero-order valence-electron chi connectivity index (χ0n) is 61.9. The van der Waals surface area contributed by atoms with E-state index in [9.17, 15) is 77.9 Å². The molecule has 6 fully saturated rings. The normalized spacial score (nSPS) is 25.5. The van der Waals surface area contributed by atoms with Crippen LogP contribution in [-0.4, -0.2) is 196 Å². The Labute approximate surface area is 663 Å². The summed E-state index contributed by atoms with van der Waals surface area (Å²) in [5, 5.41) is 16.3. The van der Waals surface area contributed by atoms with Crippen LogP contribution in [0.3, 0.4) is 0 Å². The van der Waals surface area contributed by atoms with Crippen molar-refractivity contribution in [1.82, 2.24) is 55.1 Å². The number of alkyl halides is 4. The number of rotatable bonds is 11. The highest BCUT2D eigenvalue weighted by Gasteiger charge is 2.67. The van der Waals surface area contributed by atoms with Gasteiger partial charge in [0, 0.05) is 29.9 Å². The number of aromatic nitrogens is 4. The van der Waals surface area contributed by atoms with E-state index in [1.807, 2.05) is 114 Å². The maximum Gasteiger partial charge on any atom is 0.407 e. The SMILES string of the molecule is C.C.CC(C)(C)[C@@H]1NC(=O)OCC/C=C/c2cccc(c2)-c2nc3ccccc3nc2O[C@@H]2C[C@@H](C(=O)N[C@]3(C(=O)NS(=O)(=O)C4CC4)C[C@H]3C(F)F)N(C2)C1=O.CC(C)(C)[C@@H]1NC(=O)OCC/C=C/c2cccc(c2)-c2nc3ccccc3nc2O[C@@H]2C[C@@H](C(=O)O)N(C2)C1=O.Cl.N[C@]1(C(=O)NS(=O)(=O)C2CC2)C[C@H]1C(F)F. The quantitative estimate of drug-likeness (QED) is 0.0593. The molecule has 4 aliphatic carbocycles. The molecular weight excluding hydrogens is 1550 g/mol. The fourth-order valence-electron chi connectivity index (χ4n) is 13.6. The second-order valence-corrected chi connectivity index (χ2v) is 34.9. The Kier molecular flexibility index (Phi) is 26.9. The summed E-state index contributed by atoms with van der Waals surface area (Å²) in [4.78, 5) is 127. The van der Waals surface area contributed by atoms with Gasteiger partial charge in [-0.25, -0.2) is 68.7 Å². The summed E-state index contributed by atoms with van der Waals surface area (Å²) in [6, 6.07) is 25.1. The summed E-state index contributed by atoms with van der Waals surface area (Å²) in [6.45, 7) is 10.5. The number of carboxylic acid groups (broad SMARTS) is 1. The third kappa shape index (κ3) is 20.1. The summed E-state index contributed by atoms with van der Waals surface area (Å²) >= 11 is 0. The van der Waals surface area contributed by atoms with Crippen LogP contribution in [0.1, 0.15) is 132 Å². The van der Waals surface area contributed by atoms with E-state index in [-0.39, 0.29) is 84.6 Å². The van der Waals surface area contributed by atoms with Crippen LogP contribution in [0.15, 0.2) is 109 Å². The fraction of sp³-hybridized carbons (Fsp3) is 0.487. The largest absolute Gasteiger partial charge is 0.480 e. The van der Waals surface area contributed by atoms with Crippen molar-refractivity contribution in [1.29, 1.82) is 0 Å². The van der Waals surface area contributed by atoms with Crippen molar-refractivity contribution in [3.05, 3.63) is 120 Å². The number of amides is 7. The maximum atomic E-state index is 14.5. The first-order valence-corrected chi connectivity index (χ1v) is 39.4. The Morgan fingerprint density at radius 3 is 1.37 bits per heavy atom. The van der Waals surface area contributed by atoms with Crippen molar-refractivity contribution in [3.8, 4) is 34.3 Å². The van der Waals surface area contributed by atoms with Crippen molar-refractivity contribution in [3.63, 3.8) is 0 Å². The van der Waals surface area contributed by atoms with Gasteiger partial charge in [0.2, 0.25) is 62.4 Å². The minimum absolute atomic E-state index is 0. The molecule has 114 heavy (non-hydrogen) atoms. The number of nitrogens with one attached hydrogen (secondary N) is 5. The molecule has 8 aliphatic rings. The molecule has 6 aromatic rings. The highest BCUT2D eigenvalue weighted by Crippen LogP contribution is 2.49. The van der Waals surface area contributed by atoms with Crippen molar-refractivity contribution >= 4 is 114 Å². The molecule has 616 valence electrons. The van der Waals surface area contributed by atoms with Gasteiger partial charge >= 0.3 is 18.2 Å². The van der Waals surface area contributed by atoms with E-state index in [0.717, 1.165) is 16.7 Å². The Balaban J connectivity index is 0.000000220. The van der Waals surface area contributed by atoms with Crippen LogP contribution in [0, 0.1) is 22.7 Å². The average Bonchev–Trinajstić information content (AvgIpc) is 1.56. The molecule has 4 aromatic carbocycles. The number of carbonyl (C=O) groups excluding carboxylic acids is 7. The lowest BCUT2D eigenvalue weighted by molar-refractivity contribution is -0.150. The minimum atomic E-state index is -4.14. The summed E-state index contributed by atoms with van der Waals surface area (Å²) in [7, 11) is -7.84. The number of ether oxygens (including phenoxy) is 4. The van der Waals surface area contributed by atoms with Gasteiger partial charge in [0.15, 0.2) is 0 Å². The van der Waals surface area contributed by atoms with Gasteiger partial charge in [-0.15, -0.1) is 12.4 Å². The topological polar surface area (TPSA) is 406 Å². The minimum Gasteiger partial charge on any atom is -0.480 e. The molecule has 6 heterocycles. The number of sulfonamides is 2. The molecule has 10 atom stereocenters. The lowest BCUT2D eigenvalue weighted by Crippen LogP contribution is -2.60. The molecule has 29 nitrogen and oxygen atoms in total. The molecule has 8 bridgehead atoms. The molecule has 2 aromatic heterocycles. The Bertz CT molecular complexity index is 4950. The molecule has 14 rings (SSSR count). The lowest BCUT2D eigenvalue weighted by Gasteiger charge is -2.35. The summed E-state index contributed by atoms with van der Waals surface area (Å²) in [6.07, 6.45) is 0.293. The second-order valence-electron chi connectivity index (χ2n) is 31.0. The van der Waals surface area contributed by atoms with E-state index >= 15 is 0 Å². The molecule has 4 saturated carbocycles. The lowest BCUT2D eigenvalue weighted by atomic mass is 9.85. The van der Waals surface area contributed by atoms with E-state index in [1.54, 1.807) is 58.4 Å².